The molecule has 4 rings (SSSR count). The Morgan fingerprint density at radius 3 is 2.46 bits per heavy atom. The summed E-state index contributed by atoms with van der Waals surface area (Å²) in [5.41, 5.74) is 1.24. The van der Waals surface area contributed by atoms with Gasteiger partial charge in [0.25, 0.3) is 15.9 Å². The van der Waals surface area contributed by atoms with Crippen molar-refractivity contribution in [1.29, 1.82) is 0 Å². The van der Waals surface area contributed by atoms with Gasteiger partial charge in [0, 0.05) is 17.8 Å². The number of nitrogens with one attached hydrogen (secondary N) is 1. The third kappa shape index (κ3) is 4.98. The minimum absolute atomic E-state index is 0.125. The quantitative estimate of drug-likeness (QED) is 0.354. The van der Waals surface area contributed by atoms with E-state index in [0.717, 1.165) is 10.2 Å². The molecule has 0 bridgehead atoms. The number of nitrogens with zero attached hydrogens (tertiary/aromatic N) is 2. The summed E-state index contributed by atoms with van der Waals surface area (Å²) in [6, 6.07) is 17.8. The first kappa shape index (κ1) is 24.2. The van der Waals surface area contributed by atoms with Gasteiger partial charge in [-0.2, -0.15) is 4.99 Å². The number of hydrogen-bond donors (Lipinski definition) is 1. The molecule has 1 N–H and O–H groups in total. The van der Waals surface area contributed by atoms with E-state index in [2.05, 4.69) is 16.3 Å². The number of ether oxygens (including phenoxy) is 2. The van der Waals surface area contributed by atoms with Crippen molar-refractivity contribution in [2.24, 2.45) is 4.99 Å². The molecular formula is C25H23N3O5S2. The fourth-order valence-electron chi connectivity index (χ4n) is 3.52. The minimum Gasteiger partial charge on any atom is -0.495 e. The van der Waals surface area contributed by atoms with Gasteiger partial charge >= 0.3 is 0 Å². The fourth-order valence-corrected chi connectivity index (χ4v) is 5.74. The summed E-state index contributed by atoms with van der Waals surface area (Å²) < 4.78 is 41.4. The Morgan fingerprint density at radius 2 is 1.77 bits per heavy atom. The Hall–Kier alpha value is -3.89. The van der Waals surface area contributed by atoms with E-state index in [-0.39, 0.29) is 16.1 Å². The molecule has 8 nitrogen and oxygen atoms in total. The van der Waals surface area contributed by atoms with Gasteiger partial charge in [-0.3, -0.25) is 9.52 Å². The van der Waals surface area contributed by atoms with Crippen molar-refractivity contribution in [2.75, 3.05) is 18.9 Å². The van der Waals surface area contributed by atoms with Gasteiger partial charge in [-0.1, -0.05) is 41.7 Å². The molecule has 1 aromatic heterocycles. The molecule has 0 radical (unpaired) electrons. The Labute approximate surface area is 206 Å². The van der Waals surface area contributed by atoms with Gasteiger partial charge in [0.1, 0.15) is 21.7 Å². The zero-order chi connectivity index (χ0) is 25.0. The summed E-state index contributed by atoms with van der Waals surface area (Å²) in [5.74, 6) is 0.730. The van der Waals surface area contributed by atoms with Crippen molar-refractivity contribution >= 4 is 43.2 Å². The lowest BCUT2D eigenvalue weighted by molar-refractivity contribution is 0.0998. The third-order valence-corrected chi connectivity index (χ3v) is 7.61. The highest BCUT2D eigenvalue weighted by atomic mass is 32.2. The Morgan fingerprint density at radius 1 is 1.06 bits per heavy atom. The molecule has 3 aromatic carbocycles. The number of sulfonamides is 1. The maximum Gasteiger partial charge on any atom is 0.279 e. The van der Waals surface area contributed by atoms with E-state index >= 15 is 0 Å². The number of amides is 1. The predicted molar refractivity (Wildman–Crippen MR) is 137 cm³/mol. The number of carbonyl (C=O) groups excluding carboxylic acids is 1. The van der Waals surface area contributed by atoms with Crippen LogP contribution in [0, 0.1) is 0 Å². The highest BCUT2D eigenvalue weighted by Crippen LogP contribution is 2.35. The monoisotopic (exact) mass is 509 g/mol. The van der Waals surface area contributed by atoms with Gasteiger partial charge in [0.05, 0.1) is 19.1 Å². The molecule has 0 atom stereocenters. The number of methoxy groups -OCH3 is 2. The van der Waals surface area contributed by atoms with E-state index in [1.54, 1.807) is 68.8 Å². The minimum atomic E-state index is -3.79. The lowest BCUT2D eigenvalue weighted by Crippen LogP contribution is -2.17. The topological polar surface area (TPSA) is 99.0 Å². The second-order valence-corrected chi connectivity index (χ2v) is 10.0. The first-order chi connectivity index (χ1) is 16.9. The van der Waals surface area contributed by atoms with Gasteiger partial charge in [0.2, 0.25) is 0 Å². The summed E-state index contributed by atoms with van der Waals surface area (Å²) in [4.78, 5) is 18.0. The second-order valence-electron chi connectivity index (χ2n) is 7.35. The van der Waals surface area contributed by atoms with Gasteiger partial charge in [-0.05, 0) is 42.5 Å². The van der Waals surface area contributed by atoms with Crippen LogP contribution in [0.15, 0.2) is 89.3 Å². The average molecular weight is 510 g/mol. The van der Waals surface area contributed by atoms with E-state index < -0.39 is 15.9 Å². The maximum absolute atomic E-state index is 13.1. The molecule has 0 aliphatic carbocycles. The first-order valence-corrected chi connectivity index (χ1v) is 12.8. The Balaban J connectivity index is 1.75. The van der Waals surface area contributed by atoms with Crippen molar-refractivity contribution in [1.82, 2.24) is 4.57 Å². The van der Waals surface area contributed by atoms with Crippen LogP contribution in [0.25, 0.3) is 10.2 Å². The third-order valence-electron chi connectivity index (χ3n) is 5.12. The predicted octanol–water partition coefficient (Wildman–Crippen LogP) is 4.45. The van der Waals surface area contributed by atoms with Gasteiger partial charge in [-0.15, -0.1) is 6.58 Å². The van der Waals surface area contributed by atoms with Gasteiger partial charge in [-0.25, -0.2) is 8.42 Å². The zero-order valence-electron chi connectivity index (χ0n) is 19.1. The number of allylic oxidation sites excluding steroid dienone is 1. The summed E-state index contributed by atoms with van der Waals surface area (Å²) in [7, 11) is -0.652. The lowest BCUT2D eigenvalue weighted by atomic mass is 10.2. The molecule has 0 fully saturated rings. The van der Waals surface area contributed by atoms with E-state index in [1.807, 2.05) is 4.57 Å². The van der Waals surface area contributed by atoms with Gasteiger partial charge < -0.3 is 14.0 Å². The second kappa shape index (κ2) is 10.2. The molecule has 0 spiro atoms. The molecule has 0 saturated carbocycles. The molecule has 35 heavy (non-hydrogen) atoms. The summed E-state index contributed by atoms with van der Waals surface area (Å²) >= 11 is 1.29. The van der Waals surface area contributed by atoms with E-state index in [1.165, 1.54) is 29.5 Å². The lowest BCUT2D eigenvalue weighted by Gasteiger charge is -2.09. The molecule has 0 unspecified atom stereocenters. The molecule has 1 amide bonds. The number of carbonyl (C=O) groups is 1. The zero-order valence-corrected chi connectivity index (χ0v) is 20.7. The van der Waals surface area contributed by atoms with Crippen LogP contribution < -0.4 is 19.0 Å². The Kier molecular flexibility index (Phi) is 7.04. The number of benzene rings is 3. The van der Waals surface area contributed by atoms with Crippen molar-refractivity contribution < 1.29 is 22.7 Å². The Bertz CT molecular complexity index is 1570. The van der Waals surface area contributed by atoms with E-state index in [9.17, 15) is 13.2 Å². The molecule has 180 valence electrons. The van der Waals surface area contributed by atoms with Crippen LogP contribution >= 0.6 is 11.3 Å². The number of anilines is 1. The maximum atomic E-state index is 13.1. The van der Waals surface area contributed by atoms with E-state index in [0.29, 0.717) is 22.8 Å². The van der Waals surface area contributed by atoms with Crippen molar-refractivity contribution in [3.8, 4) is 11.5 Å². The molecule has 10 heteroatoms. The number of aromatic nitrogens is 1. The SMILES string of the molecule is C=CCn1c(=NC(=O)c2cccc(NS(=O)(=O)c3ccccc3)c2)sc2c(OC)ccc(OC)c21. The standard InChI is InChI=1S/C25H23N3O5S2/c1-4-15-28-22-20(32-2)13-14-21(33-3)23(22)34-25(28)26-24(29)17-9-8-10-18(16-17)27-35(30,31)19-11-6-5-7-12-19/h4-14,16,27H,1,15H2,2-3H3. The van der Waals surface area contributed by atoms with Crippen LogP contribution in [-0.2, 0) is 16.6 Å². The largest absolute Gasteiger partial charge is 0.495 e. The number of rotatable bonds is 8. The van der Waals surface area contributed by atoms with Crippen LogP contribution in [-0.4, -0.2) is 33.1 Å². The smallest absolute Gasteiger partial charge is 0.279 e. The van der Waals surface area contributed by atoms with Crippen molar-refractivity contribution in [3.05, 3.63) is 89.7 Å². The van der Waals surface area contributed by atoms with Gasteiger partial charge in [0.15, 0.2) is 4.80 Å². The van der Waals surface area contributed by atoms with Crippen LogP contribution in [0.1, 0.15) is 10.4 Å². The highest BCUT2D eigenvalue weighted by molar-refractivity contribution is 7.92. The molecule has 0 aliphatic rings. The molecule has 0 saturated heterocycles. The van der Waals surface area contributed by atoms with Crippen molar-refractivity contribution in [3.63, 3.8) is 0 Å². The molecule has 0 aliphatic heterocycles. The van der Waals surface area contributed by atoms with Crippen LogP contribution in [0.2, 0.25) is 0 Å². The van der Waals surface area contributed by atoms with Crippen LogP contribution in [0.5, 0.6) is 11.5 Å². The number of hydrogen-bond acceptors (Lipinski definition) is 6. The van der Waals surface area contributed by atoms with Crippen LogP contribution in [0.4, 0.5) is 5.69 Å². The fraction of sp³-hybridized carbons (Fsp3) is 0.120. The number of thiazole rings is 1. The van der Waals surface area contributed by atoms with Crippen LogP contribution in [0.3, 0.4) is 0 Å². The molecule has 1 heterocycles. The number of fused-ring (bicyclic) bond motifs is 1. The summed E-state index contributed by atoms with van der Waals surface area (Å²) in [5, 5.41) is 0. The normalized spacial score (nSPS) is 11.9. The average Bonchev–Trinajstić information content (AvgIpc) is 3.22. The first-order valence-electron chi connectivity index (χ1n) is 10.5. The molecular weight excluding hydrogens is 486 g/mol. The summed E-state index contributed by atoms with van der Waals surface area (Å²) in [6.45, 7) is 4.20. The van der Waals surface area contributed by atoms with Crippen molar-refractivity contribution in [2.45, 2.75) is 11.4 Å². The van der Waals surface area contributed by atoms with E-state index in [4.69, 9.17) is 9.47 Å². The summed E-state index contributed by atoms with van der Waals surface area (Å²) in [6.07, 6.45) is 1.70. The molecule has 4 aromatic rings. The highest BCUT2D eigenvalue weighted by Gasteiger charge is 2.17.